The molecule has 0 spiro atoms. The lowest BCUT2D eigenvalue weighted by Crippen LogP contribution is -2.36. The number of carbonyl (C=O) groups is 1. The van der Waals surface area contributed by atoms with Crippen molar-refractivity contribution >= 4 is 16.8 Å². The lowest BCUT2D eigenvalue weighted by atomic mass is 10.0. The lowest BCUT2D eigenvalue weighted by Gasteiger charge is -2.25. The van der Waals surface area contributed by atoms with Gasteiger partial charge in [0.25, 0.3) is 5.91 Å². The van der Waals surface area contributed by atoms with E-state index in [2.05, 4.69) is 16.1 Å². The standard InChI is InChI=1S/C24H25N5O/c1-16-9-10-25-19(11-16)12-17(2)29(4)24(30)21-13-23(18-14-26-28(3)15-18)27-22-8-6-5-7-20(21)22/h5-11,13-15,17H,12H2,1-4H3/t17-/m0/s1. The number of nitrogens with zero attached hydrogens (tertiary/aromatic N) is 5. The van der Waals surface area contributed by atoms with Crippen LogP contribution in [0.1, 0.15) is 28.5 Å². The van der Waals surface area contributed by atoms with Gasteiger partial charge >= 0.3 is 0 Å². The number of aryl methyl sites for hydroxylation is 2. The fourth-order valence-corrected chi connectivity index (χ4v) is 3.59. The molecule has 0 aliphatic carbocycles. The van der Waals surface area contributed by atoms with Crippen LogP contribution in [0, 0.1) is 6.92 Å². The highest BCUT2D eigenvalue weighted by atomic mass is 16.2. The first kappa shape index (κ1) is 19.8. The lowest BCUT2D eigenvalue weighted by molar-refractivity contribution is 0.0745. The molecule has 0 aliphatic heterocycles. The van der Waals surface area contributed by atoms with Gasteiger partial charge in [0.05, 0.1) is 23.0 Å². The number of likely N-dealkylation sites (N-methyl/N-ethyl adjacent to an activating group) is 1. The summed E-state index contributed by atoms with van der Waals surface area (Å²) >= 11 is 0. The quantitative estimate of drug-likeness (QED) is 0.508. The molecule has 3 aromatic heterocycles. The average Bonchev–Trinajstić information content (AvgIpc) is 3.18. The Labute approximate surface area is 176 Å². The molecule has 0 fully saturated rings. The summed E-state index contributed by atoms with van der Waals surface area (Å²) < 4.78 is 1.73. The summed E-state index contributed by atoms with van der Waals surface area (Å²) in [5, 5.41) is 5.09. The second kappa shape index (κ2) is 8.06. The molecule has 30 heavy (non-hydrogen) atoms. The number of rotatable bonds is 5. The number of benzene rings is 1. The molecule has 0 N–H and O–H groups in total. The summed E-state index contributed by atoms with van der Waals surface area (Å²) in [5.41, 5.74) is 5.22. The fraction of sp³-hybridized carbons (Fsp3) is 0.250. The van der Waals surface area contributed by atoms with Crippen molar-refractivity contribution in [3.8, 4) is 11.3 Å². The number of carbonyl (C=O) groups excluding carboxylic acids is 1. The van der Waals surface area contributed by atoms with Gasteiger partial charge in [-0.15, -0.1) is 0 Å². The second-order valence-corrected chi connectivity index (χ2v) is 7.77. The summed E-state index contributed by atoms with van der Waals surface area (Å²) in [7, 11) is 3.72. The maximum atomic E-state index is 13.5. The minimum absolute atomic E-state index is 0.000527. The Balaban J connectivity index is 1.69. The molecule has 0 saturated heterocycles. The van der Waals surface area contributed by atoms with Crippen molar-refractivity contribution in [2.45, 2.75) is 26.3 Å². The number of pyridine rings is 2. The Morgan fingerprint density at radius 3 is 2.73 bits per heavy atom. The van der Waals surface area contributed by atoms with Crippen LogP contribution in [0.2, 0.25) is 0 Å². The molecule has 3 heterocycles. The number of hydrogen-bond donors (Lipinski definition) is 0. The molecule has 0 bridgehead atoms. The van der Waals surface area contributed by atoms with E-state index in [0.717, 1.165) is 27.9 Å². The van der Waals surface area contributed by atoms with Crippen LogP contribution in [0.25, 0.3) is 22.2 Å². The molecule has 4 aromatic rings. The van der Waals surface area contributed by atoms with E-state index in [9.17, 15) is 4.79 Å². The third kappa shape index (κ3) is 3.94. The van der Waals surface area contributed by atoms with Gasteiger partial charge in [-0.1, -0.05) is 18.2 Å². The van der Waals surface area contributed by atoms with Gasteiger partial charge in [-0.2, -0.15) is 5.10 Å². The highest BCUT2D eigenvalue weighted by Crippen LogP contribution is 2.26. The smallest absolute Gasteiger partial charge is 0.254 e. The molecule has 0 aliphatic rings. The predicted octanol–water partition coefficient (Wildman–Crippen LogP) is 4.04. The van der Waals surface area contributed by atoms with Crippen LogP contribution < -0.4 is 0 Å². The van der Waals surface area contributed by atoms with Crippen LogP contribution >= 0.6 is 0 Å². The predicted molar refractivity (Wildman–Crippen MR) is 118 cm³/mol. The SMILES string of the molecule is Cc1ccnc(C[C@H](C)N(C)C(=O)c2cc(-c3cnn(C)c3)nc3ccccc23)c1. The topological polar surface area (TPSA) is 63.9 Å². The zero-order valence-corrected chi connectivity index (χ0v) is 17.7. The first-order valence-corrected chi connectivity index (χ1v) is 10.00. The first-order chi connectivity index (χ1) is 14.4. The second-order valence-electron chi connectivity index (χ2n) is 7.77. The molecule has 1 atom stereocenters. The van der Waals surface area contributed by atoms with E-state index in [1.54, 1.807) is 15.8 Å². The fourth-order valence-electron chi connectivity index (χ4n) is 3.59. The molecule has 6 nitrogen and oxygen atoms in total. The van der Waals surface area contributed by atoms with Crippen molar-refractivity contribution in [3.05, 3.63) is 77.9 Å². The monoisotopic (exact) mass is 399 g/mol. The van der Waals surface area contributed by atoms with Crippen molar-refractivity contribution in [2.75, 3.05) is 7.05 Å². The Morgan fingerprint density at radius 1 is 1.20 bits per heavy atom. The maximum absolute atomic E-state index is 13.5. The summed E-state index contributed by atoms with van der Waals surface area (Å²) in [6.45, 7) is 4.10. The van der Waals surface area contributed by atoms with Crippen LogP contribution in [0.3, 0.4) is 0 Å². The zero-order valence-electron chi connectivity index (χ0n) is 17.7. The van der Waals surface area contributed by atoms with Crippen LogP contribution in [0.4, 0.5) is 0 Å². The van der Waals surface area contributed by atoms with Crippen molar-refractivity contribution in [2.24, 2.45) is 7.05 Å². The molecule has 6 heteroatoms. The van der Waals surface area contributed by atoms with Crippen LogP contribution in [-0.4, -0.2) is 43.6 Å². The van der Waals surface area contributed by atoms with Gasteiger partial charge < -0.3 is 4.90 Å². The third-order valence-electron chi connectivity index (χ3n) is 5.41. The van der Waals surface area contributed by atoms with Crippen molar-refractivity contribution in [3.63, 3.8) is 0 Å². The number of fused-ring (bicyclic) bond motifs is 1. The number of para-hydroxylation sites is 1. The first-order valence-electron chi connectivity index (χ1n) is 10.00. The van der Waals surface area contributed by atoms with E-state index in [1.807, 2.05) is 76.7 Å². The van der Waals surface area contributed by atoms with Gasteiger partial charge in [-0.25, -0.2) is 4.98 Å². The molecular formula is C24H25N5O. The van der Waals surface area contributed by atoms with E-state index in [0.29, 0.717) is 12.0 Å². The van der Waals surface area contributed by atoms with E-state index in [4.69, 9.17) is 4.98 Å². The molecule has 0 unspecified atom stereocenters. The van der Waals surface area contributed by atoms with Crippen LogP contribution in [0.15, 0.2) is 61.1 Å². The Morgan fingerprint density at radius 2 is 2.00 bits per heavy atom. The molecule has 1 amide bonds. The summed E-state index contributed by atoms with van der Waals surface area (Å²) in [6, 6.07) is 13.7. The third-order valence-corrected chi connectivity index (χ3v) is 5.41. The summed E-state index contributed by atoms with van der Waals surface area (Å²) in [4.78, 5) is 24.5. The average molecular weight is 399 g/mol. The van der Waals surface area contributed by atoms with Gasteiger partial charge in [0.2, 0.25) is 0 Å². The number of aromatic nitrogens is 4. The van der Waals surface area contributed by atoms with Crippen molar-refractivity contribution in [1.82, 2.24) is 24.6 Å². The van der Waals surface area contributed by atoms with E-state index < -0.39 is 0 Å². The molecule has 0 saturated carbocycles. The molecule has 1 aromatic carbocycles. The van der Waals surface area contributed by atoms with Gasteiger partial charge in [0.1, 0.15) is 0 Å². The largest absolute Gasteiger partial charge is 0.339 e. The minimum Gasteiger partial charge on any atom is -0.339 e. The maximum Gasteiger partial charge on any atom is 0.254 e. The summed E-state index contributed by atoms with van der Waals surface area (Å²) in [5.74, 6) is -0.0288. The molecule has 0 radical (unpaired) electrons. The van der Waals surface area contributed by atoms with Gasteiger partial charge in [0.15, 0.2) is 0 Å². The molecule has 152 valence electrons. The van der Waals surface area contributed by atoms with Crippen molar-refractivity contribution in [1.29, 1.82) is 0 Å². The minimum atomic E-state index is -0.0288. The van der Waals surface area contributed by atoms with Crippen LogP contribution in [0.5, 0.6) is 0 Å². The number of amides is 1. The zero-order chi connectivity index (χ0) is 21.3. The van der Waals surface area contributed by atoms with E-state index in [-0.39, 0.29) is 11.9 Å². The Kier molecular flexibility index (Phi) is 5.31. The Hall–Kier alpha value is -3.54. The van der Waals surface area contributed by atoms with E-state index in [1.165, 1.54) is 5.56 Å². The highest BCUT2D eigenvalue weighted by Gasteiger charge is 2.22. The number of hydrogen-bond acceptors (Lipinski definition) is 4. The van der Waals surface area contributed by atoms with Crippen LogP contribution in [-0.2, 0) is 13.5 Å². The normalized spacial score (nSPS) is 12.1. The molecule has 4 rings (SSSR count). The van der Waals surface area contributed by atoms with Gasteiger partial charge in [-0.05, 0) is 43.7 Å². The Bertz CT molecular complexity index is 1210. The molecular weight excluding hydrogens is 374 g/mol. The van der Waals surface area contributed by atoms with Crippen molar-refractivity contribution < 1.29 is 4.79 Å². The van der Waals surface area contributed by atoms with E-state index >= 15 is 0 Å². The van der Waals surface area contributed by atoms with Gasteiger partial charge in [-0.3, -0.25) is 14.5 Å². The van der Waals surface area contributed by atoms with Gasteiger partial charge in [0, 0.05) is 55.6 Å². The highest BCUT2D eigenvalue weighted by molar-refractivity contribution is 6.07. The summed E-state index contributed by atoms with van der Waals surface area (Å²) in [6.07, 6.45) is 6.18.